The summed E-state index contributed by atoms with van der Waals surface area (Å²) in [6.45, 7) is 1.95. The standard InChI is InChI=1S/C10H9ClN2/c1-7-9(12-13-10(7)11)8-5-3-2-4-6-8/h2-6H,1H3,(H,12,13). The SMILES string of the molecule is Cc1c(Cl)n[nH]c1-c1ccccc1. The summed E-state index contributed by atoms with van der Waals surface area (Å²) < 4.78 is 0. The smallest absolute Gasteiger partial charge is 0.154 e. The van der Waals surface area contributed by atoms with E-state index in [1.807, 2.05) is 37.3 Å². The molecule has 0 spiro atoms. The van der Waals surface area contributed by atoms with E-state index >= 15 is 0 Å². The summed E-state index contributed by atoms with van der Waals surface area (Å²) in [5, 5.41) is 7.38. The van der Waals surface area contributed by atoms with Crippen molar-refractivity contribution in [3.05, 3.63) is 41.0 Å². The molecule has 0 aliphatic carbocycles. The predicted molar refractivity (Wildman–Crippen MR) is 53.8 cm³/mol. The van der Waals surface area contributed by atoms with Gasteiger partial charge in [0.2, 0.25) is 0 Å². The van der Waals surface area contributed by atoms with Crippen molar-refractivity contribution in [2.24, 2.45) is 0 Å². The van der Waals surface area contributed by atoms with Crippen molar-refractivity contribution in [3.8, 4) is 11.3 Å². The van der Waals surface area contributed by atoms with Gasteiger partial charge in [0.25, 0.3) is 0 Å². The first-order chi connectivity index (χ1) is 6.29. The van der Waals surface area contributed by atoms with E-state index in [4.69, 9.17) is 11.6 Å². The molecule has 1 N–H and O–H groups in total. The fourth-order valence-corrected chi connectivity index (χ4v) is 1.40. The summed E-state index contributed by atoms with van der Waals surface area (Å²) in [7, 11) is 0. The second kappa shape index (κ2) is 3.23. The molecule has 0 aliphatic heterocycles. The van der Waals surface area contributed by atoms with Crippen LogP contribution in [0.5, 0.6) is 0 Å². The Morgan fingerprint density at radius 1 is 1.23 bits per heavy atom. The minimum Gasteiger partial charge on any atom is -0.276 e. The molecule has 13 heavy (non-hydrogen) atoms. The lowest BCUT2D eigenvalue weighted by atomic mass is 10.1. The third kappa shape index (κ3) is 1.45. The Morgan fingerprint density at radius 2 is 1.92 bits per heavy atom. The maximum absolute atomic E-state index is 5.84. The molecular formula is C10H9ClN2. The summed E-state index contributed by atoms with van der Waals surface area (Å²) in [6.07, 6.45) is 0. The number of hydrogen-bond acceptors (Lipinski definition) is 1. The molecule has 3 heteroatoms. The van der Waals surface area contributed by atoms with Gasteiger partial charge in [-0.05, 0) is 12.5 Å². The Kier molecular flexibility index (Phi) is 2.07. The third-order valence-electron chi connectivity index (χ3n) is 2.01. The molecule has 2 nitrogen and oxygen atoms in total. The Labute approximate surface area is 81.6 Å². The molecule has 0 saturated heterocycles. The van der Waals surface area contributed by atoms with E-state index in [2.05, 4.69) is 10.2 Å². The van der Waals surface area contributed by atoms with E-state index in [1.165, 1.54) is 0 Å². The number of nitrogens with one attached hydrogen (secondary N) is 1. The van der Waals surface area contributed by atoms with Crippen LogP contribution in [-0.4, -0.2) is 10.2 Å². The summed E-state index contributed by atoms with van der Waals surface area (Å²) in [5.74, 6) is 0. The molecule has 0 bridgehead atoms. The highest BCUT2D eigenvalue weighted by Gasteiger charge is 2.07. The Balaban J connectivity index is 2.53. The highest BCUT2D eigenvalue weighted by atomic mass is 35.5. The average molecular weight is 193 g/mol. The van der Waals surface area contributed by atoms with Gasteiger partial charge in [-0.15, -0.1) is 0 Å². The van der Waals surface area contributed by atoms with Gasteiger partial charge in [0.15, 0.2) is 5.15 Å². The van der Waals surface area contributed by atoms with E-state index < -0.39 is 0 Å². The van der Waals surface area contributed by atoms with Gasteiger partial charge in [0.1, 0.15) is 0 Å². The summed E-state index contributed by atoms with van der Waals surface area (Å²) in [4.78, 5) is 0. The monoisotopic (exact) mass is 192 g/mol. The summed E-state index contributed by atoms with van der Waals surface area (Å²) in [5.41, 5.74) is 3.10. The second-order valence-electron chi connectivity index (χ2n) is 2.88. The van der Waals surface area contributed by atoms with Gasteiger partial charge in [-0.3, -0.25) is 5.10 Å². The molecule has 0 saturated carbocycles. The van der Waals surface area contributed by atoms with Gasteiger partial charge in [-0.25, -0.2) is 0 Å². The highest BCUT2D eigenvalue weighted by Crippen LogP contribution is 2.24. The van der Waals surface area contributed by atoms with Crippen molar-refractivity contribution in [2.75, 3.05) is 0 Å². The molecule has 0 aliphatic rings. The fraction of sp³-hybridized carbons (Fsp3) is 0.100. The molecule has 0 amide bonds. The highest BCUT2D eigenvalue weighted by molar-refractivity contribution is 6.30. The number of halogens is 1. The van der Waals surface area contributed by atoms with Gasteiger partial charge < -0.3 is 0 Å². The number of aromatic nitrogens is 2. The molecule has 1 aromatic heterocycles. The summed E-state index contributed by atoms with van der Waals surface area (Å²) >= 11 is 5.84. The first kappa shape index (κ1) is 8.32. The zero-order chi connectivity index (χ0) is 9.26. The van der Waals surface area contributed by atoms with Crippen LogP contribution in [0.4, 0.5) is 0 Å². The first-order valence-electron chi connectivity index (χ1n) is 4.05. The summed E-state index contributed by atoms with van der Waals surface area (Å²) in [6, 6.07) is 10.0. The van der Waals surface area contributed by atoms with Crippen molar-refractivity contribution in [3.63, 3.8) is 0 Å². The lowest BCUT2D eigenvalue weighted by molar-refractivity contribution is 1.10. The maximum atomic E-state index is 5.84. The molecule has 0 unspecified atom stereocenters. The van der Waals surface area contributed by atoms with Crippen LogP contribution in [0, 0.1) is 6.92 Å². The van der Waals surface area contributed by atoms with Crippen LogP contribution < -0.4 is 0 Å². The lowest BCUT2D eigenvalue weighted by Gasteiger charge is -1.97. The molecule has 1 heterocycles. The van der Waals surface area contributed by atoms with Gasteiger partial charge in [-0.2, -0.15) is 5.10 Å². The van der Waals surface area contributed by atoms with Crippen molar-refractivity contribution < 1.29 is 0 Å². The Morgan fingerprint density at radius 3 is 2.46 bits per heavy atom. The number of nitrogens with zero attached hydrogens (tertiary/aromatic N) is 1. The topological polar surface area (TPSA) is 28.7 Å². The number of hydrogen-bond donors (Lipinski definition) is 1. The molecule has 66 valence electrons. The Bertz CT molecular complexity index is 406. The molecule has 2 rings (SSSR count). The first-order valence-corrected chi connectivity index (χ1v) is 4.42. The van der Waals surface area contributed by atoms with Gasteiger partial charge >= 0.3 is 0 Å². The zero-order valence-electron chi connectivity index (χ0n) is 7.21. The van der Waals surface area contributed by atoms with Crippen LogP contribution in [-0.2, 0) is 0 Å². The Hall–Kier alpha value is -1.28. The van der Waals surface area contributed by atoms with E-state index in [0.717, 1.165) is 16.8 Å². The molecule has 1 aromatic carbocycles. The average Bonchev–Trinajstić information content (AvgIpc) is 2.49. The molecular weight excluding hydrogens is 184 g/mol. The molecule has 0 radical (unpaired) electrons. The van der Waals surface area contributed by atoms with Crippen LogP contribution in [0.1, 0.15) is 5.56 Å². The predicted octanol–water partition coefficient (Wildman–Crippen LogP) is 3.04. The molecule has 2 aromatic rings. The van der Waals surface area contributed by atoms with Gasteiger partial charge in [0, 0.05) is 5.56 Å². The minimum absolute atomic E-state index is 0.541. The molecule has 0 atom stereocenters. The largest absolute Gasteiger partial charge is 0.276 e. The normalized spacial score (nSPS) is 10.3. The zero-order valence-corrected chi connectivity index (χ0v) is 7.97. The van der Waals surface area contributed by atoms with E-state index in [0.29, 0.717) is 5.15 Å². The number of H-pyrrole nitrogens is 1. The van der Waals surface area contributed by atoms with Gasteiger partial charge in [-0.1, -0.05) is 41.9 Å². The van der Waals surface area contributed by atoms with E-state index in [-0.39, 0.29) is 0 Å². The van der Waals surface area contributed by atoms with Crippen molar-refractivity contribution in [1.29, 1.82) is 0 Å². The van der Waals surface area contributed by atoms with Crippen LogP contribution in [0.25, 0.3) is 11.3 Å². The van der Waals surface area contributed by atoms with Crippen LogP contribution >= 0.6 is 11.6 Å². The van der Waals surface area contributed by atoms with Crippen molar-refractivity contribution in [2.45, 2.75) is 6.92 Å². The van der Waals surface area contributed by atoms with Crippen molar-refractivity contribution >= 4 is 11.6 Å². The minimum atomic E-state index is 0.541. The third-order valence-corrected chi connectivity index (χ3v) is 2.38. The lowest BCUT2D eigenvalue weighted by Crippen LogP contribution is -1.79. The number of rotatable bonds is 1. The molecule has 0 fully saturated rings. The number of benzene rings is 1. The van der Waals surface area contributed by atoms with Crippen LogP contribution in [0.15, 0.2) is 30.3 Å². The maximum Gasteiger partial charge on any atom is 0.154 e. The fourth-order valence-electron chi connectivity index (χ4n) is 1.26. The van der Waals surface area contributed by atoms with E-state index in [9.17, 15) is 0 Å². The van der Waals surface area contributed by atoms with Crippen LogP contribution in [0.2, 0.25) is 5.15 Å². The van der Waals surface area contributed by atoms with E-state index in [1.54, 1.807) is 0 Å². The van der Waals surface area contributed by atoms with Crippen molar-refractivity contribution in [1.82, 2.24) is 10.2 Å². The second-order valence-corrected chi connectivity index (χ2v) is 3.24. The quantitative estimate of drug-likeness (QED) is 0.739. The van der Waals surface area contributed by atoms with Crippen LogP contribution in [0.3, 0.4) is 0 Å². The number of aromatic amines is 1. The van der Waals surface area contributed by atoms with Gasteiger partial charge in [0.05, 0.1) is 5.69 Å².